The van der Waals surface area contributed by atoms with Crippen molar-refractivity contribution >= 4 is 29.9 Å². The minimum absolute atomic E-state index is 0. The molecule has 3 heterocycles. The van der Waals surface area contributed by atoms with E-state index in [2.05, 4.69) is 10.1 Å². The lowest BCUT2D eigenvalue weighted by Gasteiger charge is -2.21. The van der Waals surface area contributed by atoms with Crippen molar-refractivity contribution < 1.29 is 4.79 Å². The van der Waals surface area contributed by atoms with Gasteiger partial charge in [0.1, 0.15) is 5.69 Å². The van der Waals surface area contributed by atoms with Crippen molar-refractivity contribution in [2.75, 3.05) is 13.1 Å². The van der Waals surface area contributed by atoms with Gasteiger partial charge in [0.15, 0.2) is 5.82 Å². The van der Waals surface area contributed by atoms with E-state index in [1.54, 1.807) is 16.8 Å². The molecule has 2 unspecified atom stereocenters. The number of nitrogens with two attached hydrogens (primary N) is 1. The quantitative estimate of drug-likeness (QED) is 0.883. The summed E-state index contributed by atoms with van der Waals surface area (Å²) in [5.41, 5.74) is 7.88. The first kappa shape index (κ1) is 19.7. The van der Waals surface area contributed by atoms with Gasteiger partial charge in [-0.05, 0) is 57.9 Å². The predicted octanol–water partition coefficient (Wildman–Crippen LogP) is 2.77. The second kappa shape index (κ2) is 7.72. The van der Waals surface area contributed by atoms with Crippen LogP contribution in [0.4, 0.5) is 0 Å². The molecule has 6 nitrogen and oxygen atoms in total. The average molecular weight is 384 g/mol. The summed E-state index contributed by atoms with van der Waals surface area (Å²) >= 11 is 6.26. The molecule has 1 fully saturated rings. The van der Waals surface area contributed by atoms with Crippen LogP contribution in [-0.2, 0) is 0 Å². The molecule has 0 saturated carbocycles. The van der Waals surface area contributed by atoms with Crippen molar-refractivity contribution in [3.63, 3.8) is 0 Å². The van der Waals surface area contributed by atoms with Crippen molar-refractivity contribution in [1.29, 1.82) is 0 Å². The second-order valence-electron chi connectivity index (χ2n) is 6.48. The molecule has 25 heavy (non-hydrogen) atoms. The smallest absolute Gasteiger partial charge is 0.274 e. The largest absolute Gasteiger partial charge is 0.334 e. The number of hydrogen-bond donors (Lipinski definition) is 1. The van der Waals surface area contributed by atoms with E-state index >= 15 is 0 Å². The van der Waals surface area contributed by atoms with Crippen LogP contribution in [0.3, 0.4) is 0 Å². The highest BCUT2D eigenvalue weighted by Crippen LogP contribution is 2.26. The van der Waals surface area contributed by atoms with E-state index in [0.29, 0.717) is 29.8 Å². The molecule has 1 aliphatic rings. The highest BCUT2D eigenvalue weighted by atomic mass is 35.5. The van der Waals surface area contributed by atoms with Gasteiger partial charge in [-0.1, -0.05) is 11.6 Å². The van der Waals surface area contributed by atoms with E-state index in [1.165, 1.54) is 0 Å². The summed E-state index contributed by atoms with van der Waals surface area (Å²) in [4.78, 5) is 19.2. The van der Waals surface area contributed by atoms with Crippen molar-refractivity contribution in [3.8, 4) is 5.82 Å². The van der Waals surface area contributed by atoms with Crippen LogP contribution >= 0.6 is 24.0 Å². The molecule has 0 bridgehead atoms. The van der Waals surface area contributed by atoms with Crippen molar-refractivity contribution in [1.82, 2.24) is 19.7 Å². The number of hydrogen-bond acceptors (Lipinski definition) is 4. The van der Waals surface area contributed by atoms with E-state index in [0.717, 1.165) is 17.8 Å². The van der Waals surface area contributed by atoms with Crippen LogP contribution in [0, 0.1) is 19.8 Å². The van der Waals surface area contributed by atoms with Crippen LogP contribution in [0.1, 0.15) is 35.2 Å². The maximum atomic E-state index is 12.9. The Bertz CT molecular complexity index is 776. The monoisotopic (exact) mass is 383 g/mol. The second-order valence-corrected chi connectivity index (χ2v) is 6.89. The summed E-state index contributed by atoms with van der Waals surface area (Å²) in [7, 11) is 0. The topological polar surface area (TPSA) is 77.0 Å². The first-order valence-corrected chi connectivity index (χ1v) is 8.49. The number of carbonyl (C=O) groups is 1. The average Bonchev–Trinajstić information content (AvgIpc) is 3.09. The zero-order valence-corrected chi connectivity index (χ0v) is 16.1. The van der Waals surface area contributed by atoms with Gasteiger partial charge in [-0.2, -0.15) is 5.10 Å². The molecule has 8 heteroatoms. The lowest BCUT2D eigenvalue weighted by atomic mass is 10.1. The molecule has 1 saturated heterocycles. The molecule has 1 amide bonds. The molecule has 2 aromatic rings. The van der Waals surface area contributed by atoms with Gasteiger partial charge in [0.25, 0.3) is 5.91 Å². The number of rotatable bonds is 3. The standard InChI is InChI=1S/C17H22ClN5O.ClH/c1-10-6-12(3)23(21-10)15-5-4-14(18)16(20-15)17(24)22-9-13(8-19)7-11(22)2;/h4-6,11,13H,7-9,19H2,1-3H3;1H. The van der Waals surface area contributed by atoms with Crippen LogP contribution in [0.2, 0.25) is 5.02 Å². The lowest BCUT2D eigenvalue weighted by Crippen LogP contribution is -2.35. The molecule has 0 radical (unpaired) electrons. The van der Waals surface area contributed by atoms with Crippen molar-refractivity contribution in [2.45, 2.75) is 33.2 Å². The van der Waals surface area contributed by atoms with Gasteiger partial charge < -0.3 is 10.6 Å². The van der Waals surface area contributed by atoms with Gasteiger partial charge in [0.2, 0.25) is 0 Å². The zero-order chi connectivity index (χ0) is 17.4. The summed E-state index contributed by atoms with van der Waals surface area (Å²) in [6.07, 6.45) is 0.914. The Kier molecular flexibility index (Phi) is 6.08. The third-order valence-corrected chi connectivity index (χ3v) is 4.82. The number of halogens is 2. The molecule has 2 N–H and O–H groups in total. The number of likely N-dealkylation sites (tertiary alicyclic amines) is 1. The number of aromatic nitrogens is 3. The van der Waals surface area contributed by atoms with Gasteiger partial charge in [-0.3, -0.25) is 4.79 Å². The Morgan fingerprint density at radius 1 is 1.40 bits per heavy atom. The molecule has 136 valence electrons. The number of pyridine rings is 1. The maximum Gasteiger partial charge on any atom is 0.274 e. The van der Waals surface area contributed by atoms with E-state index in [4.69, 9.17) is 17.3 Å². The molecule has 2 aromatic heterocycles. The van der Waals surface area contributed by atoms with Crippen LogP contribution in [0.25, 0.3) is 5.82 Å². The third kappa shape index (κ3) is 3.81. The number of amides is 1. The highest BCUT2D eigenvalue weighted by Gasteiger charge is 2.33. The number of carbonyl (C=O) groups excluding carboxylic acids is 1. The molecule has 1 aliphatic heterocycles. The molecular weight excluding hydrogens is 361 g/mol. The first-order chi connectivity index (χ1) is 11.4. The maximum absolute atomic E-state index is 12.9. The van der Waals surface area contributed by atoms with Crippen molar-refractivity contribution in [2.24, 2.45) is 11.7 Å². The first-order valence-electron chi connectivity index (χ1n) is 8.12. The van der Waals surface area contributed by atoms with Gasteiger partial charge in [0.05, 0.1) is 10.7 Å². The predicted molar refractivity (Wildman–Crippen MR) is 101 cm³/mol. The highest BCUT2D eigenvalue weighted by molar-refractivity contribution is 6.33. The summed E-state index contributed by atoms with van der Waals surface area (Å²) in [5, 5.41) is 4.77. The fraction of sp³-hybridized carbons (Fsp3) is 0.471. The van der Waals surface area contributed by atoms with E-state index in [9.17, 15) is 4.79 Å². The fourth-order valence-corrected chi connectivity index (χ4v) is 3.48. The van der Waals surface area contributed by atoms with Gasteiger partial charge >= 0.3 is 0 Å². The van der Waals surface area contributed by atoms with Gasteiger partial charge in [-0.15, -0.1) is 12.4 Å². The fourth-order valence-electron chi connectivity index (χ4n) is 3.29. The number of nitrogens with zero attached hydrogens (tertiary/aromatic N) is 4. The normalized spacial score (nSPS) is 19.8. The zero-order valence-electron chi connectivity index (χ0n) is 14.6. The van der Waals surface area contributed by atoms with Crippen LogP contribution in [-0.4, -0.2) is 44.7 Å². The van der Waals surface area contributed by atoms with Crippen LogP contribution in [0.15, 0.2) is 18.2 Å². The van der Waals surface area contributed by atoms with Crippen LogP contribution < -0.4 is 5.73 Å². The van der Waals surface area contributed by atoms with Crippen LogP contribution in [0.5, 0.6) is 0 Å². The molecule has 3 rings (SSSR count). The Morgan fingerprint density at radius 2 is 2.12 bits per heavy atom. The Morgan fingerprint density at radius 3 is 2.68 bits per heavy atom. The Balaban J connectivity index is 0.00000225. The van der Waals surface area contributed by atoms with E-state index < -0.39 is 0 Å². The minimum Gasteiger partial charge on any atom is -0.334 e. The third-order valence-electron chi connectivity index (χ3n) is 4.52. The molecule has 2 atom stereocenters. The molecule has 0 aromatic carbocycles. The Hall–Kier alpha value is -1.63. The minimum atomic E-state index is -0.146. The SMILES string of the molecule is Cc1cc(C)n(-c2ccc(Cl)c(C(=O)N3CC(CN)CC3C)n2)n1.Cl. The van der Waals surface area contributed by atoms with Gasteiger partial charge in [-0.25, -0.2) is 9.67 Å². The van der Waals surface area contributed by atoms with E-state index in [1.807, 2.05) is 31.7 Å². The lowest BCUT2D eigenvalue weighted by molar-refractivity contribution is 0.0737. The van der Waals surface area contributed by atoms with Gasteiger partial charge in [0, 0.05) is 18.3 Å². The summed E-state index contributed by atoms with van der Waals surface area (Å²) in [6.45, 7) is 7.14. The number of aryl methyl sites for hydroxylation is 2. The summed E-state index contributed by atoms with van der Waals surface area (Å²) in [5.74, 6) is 0.782. The molecule has 0 aliphatic carbocycles. The molecule has 0 spiro atoms. The summed E-state index contributed by atoms with van der Waals surface area (Å²) < 4.78 is 1.72. The summed E-state index contributed by atoms with van der Waals surface area (Å²) in [6, 6.07) is 5.58. The molecular formula is C17H23Cl2N5O. The van der Waals surface area contributed by atoms with Crippen molar-refractivity contribution in [3.05, 3.63) is 40.3 Å². The Labute approximate surface area is 158 Å². The van der Waals surface area contributed by atoms with E-state index in [-0.39, 0.29) is 30.0 Å².